The van der Waals surface area contributed by atoms with Crippen LogP contribution in [0.1, 0.15) is 50.5 Å². The molecule has 0 bridgehead atoms. The molecule has 3 aliphatic rings. The Morgan fingerprint density at radius 1 is 1.00 bits per heavy atom. The number of carboxylic acids is 1. The number of carbonyl (C=O) groups is 3. The highest BCUT2D eigenvalue weighted by atomic mass is 16.8. The molecule has 8 rings (SSSR count). The first-order valence-corrected chi connectivity index (χ1v) is 21.3. The largest absolute Gasteiger partial charge is 0.497 e. The monoisotopic (exact) mass is 881 g/mol. The van der Waals surface area contributed by atoms with Crippen molar-refractivity contribution in [1.29, 1.82) is 0 Å². The van der Waals surface area contributed by atoms with E-state index in [0.29, 0.717) is 53.4 Å². The van der Waals surface area contributed by atoms with E-state index in [0.717, 1.165) is 29.8 Å². The zero-order valence-corrected chi connectivity index (χ0v) is 36.8. The summed E-state index contributed by atoms with van der Waals surface area (Å²) in [5, 5.41) is 21.6. The summed E-state index contributed by atoms with van der Waals surface area (Å²) in [5.74, 6) is -0.838. The summed E-state index contributed by atoms with van der Waals surface area (Å²) in [4.78, 5) is 53.7. The molecular formula is C45H55N9O10. The van der Waals surface area contributed by atoms with Gasteiger partial charge in [-0.15, -0.1) is 0 Å². The van der Waals surface area contributed by atoms with Crippen LogP contribution in [0.2, 0.25) is 0 Å². The number of alkyl carbamates (subject to hydrolysis) is 1. The number of fused-ring (bicyclic) bond motifs is 2. The van der Waals surface area contributed by atoms with Gasteiger partial charge in [0.1, 0.15) is 54.1 Å². The van der Waals surface area contributed by atoms with E-state index in [4.69, 9.17) is 38.5 Å². The molecule has 2 amide bonds. The van der Waals surface area contributed by atoms with E-state index in [2.05, 4.69) is 20.5 Å². The number of hydrogen-bond acceptors (Lipinski definition) is 14. The van der Waals surface area contributed by atoms with Crippen molar-refractivity contribution in [2.45, 2.75) is 88.7 Å². The smallest absolute Gasteiger partial charge is 0.408 e. The fraction of sp³-hybridized carbons (Fsp3) is 0.467. The van der Waals surface area contributed by atoms with Gasteiger partial charge in [0, 0.05) is 55.8 Å². The normalized spacial score (nSPS) is 21.3. The summed E-state index contributed by atoms with van der Waals surface area (Å²) in [6.45, 7) is 5.42. The van der Waals surface area contributed by atoms with Gasteiger partial charge >= 0.3 is 12.1 Å². The molecule has 5 aromatic rings. The Morgan fingerprint density at radius 3 is 2.47 bits per heavy atom. The Hall–Kier alpha value is -6.28. The highest BCUT2D eigenvalue weighted by Gasteiger charge is 2.59. The van der Waals surface area contributed by atoms with Crippen LogP contribution in [0.25, 0.3) is 22.3 Å². The average Bonchev–Trinajstić information content (AvgIpc) is 4.06. The number of piperidine rings is 1. The van der Waals surface area contributed by atoms with Gasteiger partial charge in [-0.25, -0.2) is 19.6 Å². The molecule has 3 aromatic heterocycles. The molecule has 64 heavy (non-hydrogen) atoms. The molecule has 1 unspecified atom stereocenters. The molecule has 19 heteroatoms. The number of nitrogens with one attached hydrogen (secondary N) is 2. The van der Waals surface area contributed by atoms with Gasteiger partial charge in [0.2, 0.25) is 0 Å². The van der Waals surface area contributed by atoms with Crippen molar-refractivity contribution in [1.82, 2.24) is 39.4 Å². The zero-order valence-electron chi connectivity index (χ0n) is 36.8. The fourth-order valence-corrected chi connectivity index (χ4v) is 8.72. The molecule has 5 atom stereocenters. The van der Waals surface area contributed by atoms with Crippen molar-refractivity contribution in [2.75, 3.05) is 46.2 Å². The topological polar surface area (TPSA) is 206 Å². The molecule has 19 nitrogen and oxygen atoms in total. The van der Waals surface area contributed by atoms with Crippen LogP contribution in [0, 0.1) is 0 Å². The number of anilines is 1. The van der Waals surface area contributed by atoms with Gasteiger partial charge in [0.25, 0.3) is 5.91 Å². The third-order valence-electron chi connectivity index (χ3n) is 12.0. The molecular weight excluding hydrogens is 827 g/mol. The van der Waals surface area contributed by atoms with E-state index >= 15 is 4.79 Å². The predicted octanol–water partition coefficient (Wildman–Crippen LogP) is 4.57. The molecule has 340 valence electrons. The molecule has 3 saturated heterocycles. The van der Waals surface area contributed by atoms with Crippen LogP contribution in [-0.4, -0.2) is 134 Å². The highest BCUT2D eigenvalue weighted by molar-refractivity contribution is 6.00. The van der Waals surface area contributed by atoms with E-state index < -0.39 is 48.4 Å². The number of benzene rings is 2. The predicted molar refractivity (Wildman–Crippen MR) is 232 cm³/mol. The minimum atomic E-state index is -1.33. The number of rotatable bonds is 16. The number of methoxy groups -OCH3 is 2. The minimum Gasteiger partial charge on any atom is -0.497 e. The standard InChI is InChI=1S/C45H55N9O10/c1-45(2)63-36-37(41(55)53(29-14-18-51(3)19-15-29)21-17-33(43(56)57)49-44(58)61-25-27-10-8-7-9-11-27)62-42(38(36)64-45)54-24-31(32-16-20-52(4)50-32)35-39(47-26-48-40(35)54)46-23-28-12-13-30(59-5)22-34(28)60-6/h7-13,16,20,22,24,26,29,33,36-38,42H,14-15,17-19,21,23,25H2,1-6H3,(H,49,58)(H,56,57)(H,46,47,48)/t33?,36-,37+,38-,42-/m1/s1. The Bertz CT molecular complexity index is 2450. The second-order valence-electron chi connectivity index (χ2n) is 16.7. The fourth-order valence-electron chi connectivity index (χ4n) is 8.72. The summed E-state index contributed by atoms with van der Waals surface area (Å²) < 4.78 is 39.8. The zero-order chi connectivity index (χ0) is 45.1. The van der Waals surface area contributed by atoms with Crippen molar-refractivity contribution < 1.29 is 47.9 Å². The molecule has 0 saturated carbocycles. The summed E-state index contributed by atoms with van der Waals surface area (Å²) >= 11 is 0. The van der Waals surface area contributed by atoms with Crippen LogP contribution in [0.3, 0.4) is 0 Å². The summed E-state index contributed by atoms with van der Waals surface area (Å²) in [6.07, 6.45) is 1.95. The van der Waals surface area contributed by atoms with Crippen molar-refractivity contribution in [2.24, 2.45) is 7.05 Å². The maximum Gasteiger partial charge on any atom is 0.408 e. The minimum absolute atomic E-state index is 0.0207. The lowest BCUT2D eigenvalue weighted by Crippen LogP contribution is -2.54. The van der Waals surface area contributed by atoms with Crippen LogP contribution < -0.4 is 20.1 Å². The lowest BCUT2D eigenvalue weighted by atomic mass is 10.0. The summed E-state index contributed by atoms with van der Waals surface area (Å²) in [7, 11) is 7.07. The number of nitrogens with zero attached hydrogens (tertiary/aromatic N) is 7. The molecule has 3 fully saturated rings. The van der Waals surface area contributed by atoms with Crippen molar-refractivity contribution in [3.63, 3.8) is 0 Å². The number of likely N-dealkylation sites (tertiary alicyclic amines) is 1. The maximum absolute atomic E-state index is 15.1. The summed E-state index contributed by atoms with van der Waals surface area (Å²) in [6, 6.07) is 15.0. The number of hydrogen-bond donors (Lipinski definition) is 3. The van der Waals surface area contributed by atoms with Crippen molar-refractivity contribution in [3.8, 4) is 22.8 Å². The van der Waals surface area contributed by atoms with Gasteiger partial charge in [-0.2, -0.15) is 5.10 Å². The maximum atomic E-state index is 15.1. The van der Waals surface area contributed by atoms with Crippen LogP contribution in [-0.2, 0) is 48.7 Å². The van der Waals surface area contributed by atoms with Gasteiger partial charge < -0.3 is 58.5 Å². The molecule has 2 aromatic carbocycles. The third-order valence-corrected chi connectivity index (χ3v) is 12.0. The first kappa shape index (κ1) is 44.3. The number of carbonyl (C=O) groups excluding carboxylic acids is 2. The van der Waals surface area contributed by atoms with Crippen LogP contribution in [0.15, 0.2) is 73.3 Å². The molecule has 0 radical (unpaired) electrons. The number of aliphatic carboxylic acids is 1. The Kier molecular flexibility index (Phi) is 13.0. The van der Waals surface area contributed by atoms with Gasteiger partial charge in [0.05, 0.1) is 25.3 Å². The van der Waals surface area contributed by atoms with Gasteiger partial charge in [-0.1, -0.05) is 30.3 Å². The van der Waals surface area contributed by atoms with Crippen LogP contribution >= 0.6 is 0 Å². The molecule has 0 spiro atoms. The van der Waals surface area contributed by atoms with Gasteiger partial charge in [-0.05, 0) is 77.0 Å². The van der Waals surface area contributed by atoms with Crippen molar-refractivity contribution in [3.05, 3.63) is 84.4 Å². The molecule has 0 aliphatic carbocycles. The Balaban J connectivity index is 1.09. The van der Waals surface area contributed by atoms with E-state index in [1.165, 1.54) is 6.33 Å². The highest BCUT2D eigenvalue weighted by Crippen LogP contribution is 2.46. The lowest BCUT2D eigenvalue weighted by Gasteiger charge is -2.39. The van der Waals surface area contributed by atoms with E-state index in [9.17, 15) is 14.7 Å². The number of ether oxygens (including phenoxy) is 6. The van der Waals surface area contributed by atoms with E-state index in [-0.39, 0.29) is 31.5 Å². The Labute approximate surface area is 370 Å². The van der Waals surface area contributed by atoms with Crippen LogP contribution in [0.5, 0.6) is 11.5 Å². The average molecular weight is 882 g/mol. The van der Waals surface area contributed by atoms with E-state index in [1.54, 1.807) is 49.8 Å². The second kappa shape index (κ2) is 18.8. The van der Waals surface area contributed by atoms with E-state index in [1.807, 2.05) is 73.5 Å². The van der Waals surface area contributed by atoms with Crippen LogP contribution in [0.4, 0.5) is 10.6 Å². The number of aromatic nitrogens is 5. The van der Waals surface area contributed by atoms with Gasteiger partial charge in [-0.3, -0.25) is 9.48 Å². The molecule has 3 N–H and O–H groups in total. The Morgan fingerprint density at radius 2 is 1.77 bits per heavy atom. The first-order valence-electron chi connectivity index (χ1n) is 21.3. The number of amides is 2. The molecule has 6 heterocycles. The van der Waals surface area contributed by atoms with Gasteiger partial charge in [0.15, 0.2) is 18.1 Å². The SMILES string of the molecule is COc1ccc(CNc2ncnc3c2c(-c2ccn(C)n2)cn3[C@@H]2O[C@H](C(=O)N(CCC(NC(=O)OCc3ccccc3)C(=O)O)C3CCN(C)CC3)[C@H]3OC(C)(C)O[C@H]32)c(OC)c1. The van der Waals surface area contributed by atoms with Crippen molar-refractivity contribution >= 4 is 34.8 Å². The molecule has 3 aliphatic heterocycles. The first-order chi connectivity index (χ1) is 30.8. The number of carboxylic acid groups (broad SMARTS) is 1. The quantitative estimate of drug-likeness (QED) is 0.124. The summed E-state index contributed by atoms with van der Waals surface area (Å²) in [5.41, 5.74) is 3.52. The second-order valence-corrected chi connectivity index (χ2v) is 16.7. The lowest BCUT2D eigenvalue weighted by molar-refractivity contribution is -0.201. The number of aryl methyl sites for hydroxylation is 1. The third kappa shape index (κ3) is 9.47.